The van der Waals surface area contributed by atoms with Crippen molar-refractivity contribution in [2.75, 3.05) is 5.75 Å². The topological polar surface area (TPSA) is 68.0 Å². The molecule has 0 aliphatic heterocycles. The van der Waals surface area contributed by atoms with Crippen molar-refractivity contribution in [2.24, 2.45) is 0 Å². The summed E-state index contributed by atoms with van der Waals surface area (Å²) >= 11 is 1.18. The number of hydrogen-bond donors (Lipinski definition) is 1. The molecule has 100 valence electrons. The molecule has 1 aromatic heterocycles. The van der Waals surface area contributed by atoms with E-state index in [-0.39, 0.29) is 5.75 Å². The summed E-state index contributed by atoms with van der Waals surface area (Å²) in [6, 6.07) is 6.13. The van der Waals surface area contributed by atoms with Crippen LogP contribution in [0.5, 0.6) is 0 Å². The molecule has 1 aromatic carbocycles. The van der Waals surface area contributed by atoms with Gasteiger partial charge in [-0.05, 0) is 38.0 Å². The van der Waals surface area contributed by atoms with Crippen LogP contribution in [-0.4, -0.2) is 31.6 Å². The SMILES string of the molecule is Cc1ccc(C)c(-n2c(C)nnc2SCC(=O)O)c1. The van der Waals surface area contributed by atoms with E-state index >= 15 is 0 Å². The van der Waals surface area contributed by atoms with Gasteiger partial charge in [0.1, 0.15) is 5.82 Å². The summed E-state index contributed by atoms with van der Waals surface area (Å²) in [7, 11) is 0. The monoisotopic (exact) mass is 277 g/mol. The average molecular weight is 277 g/mol. The van der Waals surface area contributed by atoms with Gasteiger partial charge in [0.15, 0.2) is 5.16 Å². The molecule has 19 heavy (non-hydrogen) atoms. The van der Waals surface area contributed by atoms with Gasteiger partial charge in [0.05, 0.1) is 11.4 Å². The van der Waals surface area contributed by atoms with E-state index in [0.29, 0.717) is 5.16 Å². The molecule has 0 aliphatic rings. The van der Waals surface area contributed by atoms with E-state index in [9.17, 15) is 4.79 Å². The lowest BCUT2D eigenvalue weighted by Crippen LogP contribution is -2.04. The quantitative estimate of drug-likeness (QED) is 0.869. The molecule has 1 N–H and O–H groups in total. The molecule has 0 amide bonds. The minimum Gasteiger partial charge on any atom is -0.481 e. The standard InChI is InChI=1S/C13H15N3O2S/c1-8-4-5-9(2)11(6-8)16-10(3)14-15-13(16)19-7-12(17)18/h4-6H,7H2,1-3H3,(H,17,18). The fraction of sp³-hybridized carbons (Fsp3) is 0.308. The van der Waals surface area contributed by atoms with Gasteiger partial charge in [-0.25, -0.2) is 0 Å². The van der Waals surface area contributed by atoms with Gasteiger partial charge in [0.25, 0.3) is 0 Å². The number of carboxylic acids is 1. The van der Waals surface area contributed by atoms with Crippen LogP contribution in [0.25, 0.3) is 5.69 Å². The zero-order chi connectivity index (χ0) is 14.0. The number of carbonyl (C=O) groups is 1. The Balaban J connectivity index is 2.46. The number of nitrogens with zero attached hydrogens (tertiary/aromatic N) is 3. The molecule has 0 spiro atoms. The van der Waals surface area contributed by atoms with E-state index in [0.717, 1.165) is 22.6 Å². The van der Waals surface area contributed by atoms with Crippen LogP contribution in [0.1, 0.15) is 17.0 Å². The molecule has 0 saturated heterocycles. The molecule has 0 aliphatic carbocycles. The van der Waals surface area contributed by atoms with Gasteiger partial charge < -0.3 is 5.11 Å². The summed E-state index contributed by atoms with van der Waals surface area (Å²) in [4.78, 5) is 10.7. The van der Waals surface area contributed by atoms with Crippen molar-refractivity contribution in [3.05, 3.63) is 35.2 Å². The molecule has 0 unspecified atom stereocenters. The maximum Gasteiger partial charge on any atom is 0.313 e. The molecule has 1 heterocycles. The van der Waals surface area contributed by atoms with Gasteiger partial charge >= 0.3 is 5.97 Å². The van der Waals surface area contributed by atoms with Crippen LogP contribution >= 0.6 is 11.8 Å². The van der Waals surface area contributed by atoms with Crippen LogP contribution in [-0.2, 0) is 4.79 Å². The highest BCUT2D eigenvalue weighted by molar-refractivity contribution is 7.99. The number of hydrogen-bond acceptors (Lipinski definition) is 4. The zero-order valence-electron chi connectivity index (χ0n) is 11.0. The molecule has 5 nitrogen and oxygen atoms in total. The fourth-order valence-corrected chi connectivity index (χ4v) is 2.51. The molecule has 0 saturated carbocycles. The Morgan fingerprint density at radius 1 is 1.32 bits per heavy atom. The highest BCUT2D eigenvalue weighted by Crippen LogP contribution is 2.24. The maximum absolute atomic E-state index is 10.7. The second kappa shape index (κ2) is 5.44. The number of aromatic nitrogens is 3. The summed E-state index contributed by atoms with van der Waals surface area (Å²) < 4.78 is 1.90. The van der Waals surface area contributed by atoms with Crippen LogP contribution in [0.2, 0.25) is 0 Å². The summed E-state index contributed by atoms with van der Waals surface area (Å²) in [6.07, 6.45) is 0. The molecule has 0 atom stereocenters. The minimum absolute atomic E-state index is 0.0248. The van der Waals surface area contributed by atoms with E-state index in [1.165, 1.54) is 11.8 Å². The fourth-order valence-electron chi connectivity index (χ4n) is 1.80. The summed E-state index contributed by atoms with van der Waals surface area (Å²) in [5.41, 5.74) is 3.24. The molecule has 0 radical (unpaired) electrons. The van der Waals surface area contributed by atoms with Crippen LogP contribution < -0.4 is 0 Å². The van der Waals surface area contributed by atoms with Crippen molar-refractivity contribution in [3.63, 3.8) is 0 Å². The lowest BCUT2D eigenvalue weighted by molar-refractivity contribution is -0.133. The molecule has 6 heteroatoms. The summed E-state index contributed by atoms with van der Waals surface area (Å²) in [6.45, 7) is 5.89. The first-order chi connectivity index (χ1) is 8.99. The van der Waals surface area contributed by atoms with Crippen molar-refractivity contribution < 1.29 is 9.90 Å². The van der Waals surface area contributed by atoms with Crippen LogP contribution in [0.3, 0.4) is 0 Å². The van der Waals surface area contributed by atoms with Gasteiger partial charge in [0, 0.05) is 0 Å². The number of aliphatic carboxylic acids is 1. The summed E-state index contributed by atoms with van der Waals surface area (Å²) in [5.74, 6) is -0.136. The predicted molar refractivity (Wildman–Crippen MR) is 73.9 cm³/mol. The van der Waals surface area contributed by atoms with Gasteiger partial charge in [0.2, 0.25) is 0 Å². The van der Waals surface area contributed by atoms with E-state index in [2.05, 4.69) is 16.3 Å². The third-order valence-corrected chi connectivity index (χ3v) is 3.64. The normalized spacial score (nSPS) is 10.7. The number of carboxylic acid groups (broad SMARTS) is 1. The van der Waals surface area contributed by atoms with Crippen molar-refractivity contribution in [3.8, 4) is 5.69 Å². The van der Waals surface area contributed by atoms with Gasteiger partial charge in [-0.1, -0.05) is 23.9 Å². The Bertz CT molecular complexity index is 622. The third kappa shape index (κ3) is 2.96. The lowest BCUT2D eigenvalue weighted by atomic mass is 10.1. The molecule has 2 rings (SSSR count). The Hall–Kier alpha value is -1.82. The zero-order valence-corrected chi connectivity index (χ0v) is 11.9. The van der Waals surface area contributed by atoms with Gasteiger partial charge in [-0.15, -0.1) is 10.2 Å². The highest BCUT2D eigenvalue weighted by Gasteiger charge is 2.14. The van der Waals surface area contributed by atoms with Crippen molar-refractivity contribution >= 4 is 17.7 Å². The molecule has 0 bridgehead atoms. The minimum atomic E-state index is -0.863. The van der Waals surface area contributed by atoms with Crippen LogP contribution in [0, 0.1) is 20.8 Å². The number of thioether (sulfide) groups is 1. The Labute approximate surface area is 115 Å². The Morgan fingerprint density at radius 2 is 2.05 bits per heavy atom. The van der Waals surface area contributed by atoms with Crippen molar-refractivity contribution in [1.29, 1.82) is 0 Å². The molecule has 2 aromatic rings. The van der Waals surface area contributed by atoms with Crippen molar-refractivity contribution in [2.45, 2.75) is 25.9 Å². The van der Waals surface area contributed by atoms with Crippen molar-refractivity contribution in [1.82, 2.24) is 14.8 Å². The number of benzene rings is 1. The smallest absolute Gasteiger partial charge is 0.313 e. The molecular formula is C13H15N3O2S. The van der Waals surface area contributed by atoms with E-state index in [4.69, 9.17) is 5.11 Å². The molecular weight excluding hydrogens is 262 g/mol. The first-order valence-electron chi connectivity index (χ1n) is 5.83. The second-order valence-electron chi connectivity index (χ2n) is 4.34. The third-order valence-electron chi connectivity index (χ3n) is 2.73. The van der Waals surface area contributed by atoms with E-state index in [1.54, 1.807) is 0 Å². The predicted octanol–water partition coefficient (Wildman–Crippen LogP) is 2.37. The largest absolute Gasteiger partial charge is 0.481 e. The van der Waals surface area contributed by atoms with Gasteiger partial charge in [-0.2, -0.15) is 0 Å². The van der Waals surface area contributed by atoms with Crippen LogP contribution in [0.15, 0.2) is 23.4 Å². The maximum atomic E-state index is 10.7. The molecule has 0 fully saturated rings. The average Bonchev–Trinajstić information content (AvgIpc) is 2.71. The Morgan fingerprint density at radius 3 is 2.74 bits per heavy atom. The highest BCUT2D eigenvalue weighted by atomic mass is 32.2. The number of rotatable bonds is 4. The second-order valence-corrected chi connectivity index (χ2v) is 5.28. The number of aryl methyl sites for hydroxylation is 3. The Kier molecular flexibility index (Phi) is 3.90. The van der Waals surface area contributed by atoms with E-state index < -0.39 is 5.97 Å². The summed E-state index contributed by atoms with van der Waals surface area (Å²) in [5, 5.41) is 17.5. The lowest BCUT2D eigenvalue weighted by Gasteiger charge is -2.11. The first-order valence-corrected chi connectivity index (χ1v) is 6.82. The van der Waals surface area contributed by atoms with Crippen LogP contribution in [0.4, 0.5) is 0 Å². The van der Waals surface area contributed by atoms with E-state index in [1.807, 2.05) is 37.5 Å². The first kappa shape index (κ1) is 13.6. The van der Waals surface area contributed by atoms with Gasteiger partial charge in [-0.3, -0.25) is 9.36 Å².